The molecule has 17 heavy (non-hydrogen) atoms. The lowest BCUT2D eigenvalue weighted by Gasteiger charge is -2.24. The summed E-state index contributed by atoms with van der Waals surface area (Å²) in [5.41, 5.74) is 4.27. The maximum atomic E-state index is 5.45. The van der Waals surface area contributed by atoms with Gasteiger partial charge in [0.25, 0.3) is 0 Å². The summed E-state index contributed by atoms with van der Waals surface area (Å²) >= 11 is 0. The Labute approximate surface area is 103 Å². The van der Waals surface area contributed by atoms with Gasteiger partial charge in [-0.2, -0.15) is 0 Å². The molecule has 0 aromatic heterocycles. The zero-order valence-electron chi connectivity index (χ0n) is 10.4. The summed E-state index contributed by atoms with van der Waals surface area (Å²) in [6.45, 7) is 3.91. The van der Waals surface area contributed by atoms with Gasteiger partial charge in [-0.05, 0) is 31.0 Å². The molecule has 0 bridgehead atoms. The molecule has 3 heteroatoms. The molecule has 1 fully saturated rings. The van der Waals surface area contributed by atoms with E-state index in [4.69, 9.17) is 4.74 Å². The van der Waals surface area contributed by atoms with Crippen LogP contribution in [0.1, 0.15) is 17.5 Å². The molecule has 0 aliphatic carbocycles. The number of nitrogens with zero attached hydrogens (tertiary/aromatic N) is 1. The predicted molar refractivity (Wildman–Crippen MR) is 69.3 cm³/mol. The molecule has 92 valence electrons. The average molecular weight is 232 g/mol. The number of para-hydroxylation sites is 1. The number of nitrogens with one attached hydrogen (secondary N) is 1. The fourth-order valence-electron chi connectivity index (χ4n) is 2.81. The van der Waals surface area contributed by atoms with Gasteiger partial charge in [-0.15, -0.1) is 0 Å². The van der Waals surface area contributed by atoms with Crippen LogP contribution in [0, 0.1) is 0 Å². The standard InChI is InChI=1S/C14H20N2O/c1-16(13-6-8-17-10-13)9-12-4-2-3-11-5-7-15-14(11)12/h2-4,13,15H,5-10H2,1H3. The van der Waals surface area contributed by atoms with E-state index in [9.17, 15) is 0 Å². The fraction of sp³-hybridized carbons (Fsp3) is 0.571. The van der Waals surface area contributed by atoms with Crippen LogP contribution in [-0.4, -0.2) is 37.7 Å². The van der Waals surface area contributed by atoms with Gasteiger partial charge in [0.15, 0.2) is 0 Å². The van der Waals surface area contributed by atoms with Crippen LogP contribution in [0.5, 0.6) is 0 Å². The van der Waals surface area contributed by atoms with Gasteiger partial charge in [-0.1, -0.05) is 18.2 Å². The minimum atomic E-state index is 0.590. The second-order valence-electron chi connectivity index (χ2n) is 5.06. The predicted octanol–water partition coefficient (Wildman–Crippen LogP) is 1.88. The van der Waals surface area contributed by atoms with Crippen LogP contribution in [0.15, 0.2) is 18.2 Å². The van der Waals surface area contributed by atoms with Gasteiger partial charge in [-0.3, -0.25) is 4.90 Å². The smallest absolute Gasteiger partial charge is 0.0622 e. The largest absolute Gasteiger partial charge is 0.384 e. The lowest BCUT2D eigenvalue weighted by molar-refractivity contribution is 0.156. The van der Waals surface area contributed by atoms with Gasteiger partial charge in [-0.25, -0.2) is 0 Å². The van der Waals surface area contributed by atoms with Gasteiger partial charge in [0.1, 0.15) is 0 Å². The average Bonchev–Trinajstić information content (AvgIpc) is 3.00. The van der Waals surface area contributed by atoms with Crippen molar-refractivity contribution in [2.75, 3.05) is 32.1 Å². The maximum absolute atomic E-state index is 5.45. The normalized spacial score (nSPS) is 22.8. The number of hydrogen-bond acceptors (Lipinski definition) is 3. The first-order valence-electron chi connectivity index (χ1n) is 6.47. The molecule has 1 aromatic rings. The van der Waals surface area contributed by atoms with E-state index in [0.717, 1.165) is 26.3 Å². The summed E-state index contributed by atoms with van der Waals surface area (Å²) in [5, 5.41) is 3.51. The van der Waals surface area contributed by atoms with Gasteiger partial charge >= 0.3 is 0 Å². The van der Waals surface area contributed by atoms with E-state index in [1.165, 1.54) is 29.7 Å². The first-order valence-corrected chi connectivity index (χ1v) is 6.47. The lowest BCUT2D eigenvalue weighted by Crippen LogP contribution is -2.31. The van der Waals surface area contributed by atoms with Crippen molar-refractivity contribution in [2.45, 2.75) is 25.4 Å². The van der Waals surface area contributed by atoms with Gasteiger partial charge in [0.2, 0.25) is 0 Å². The van der Waals surface area contributed by atoms with Crippen molar-refractivity contribution >= 4 is 5.69 Å². The molecular weight excluding hydrogens is 212 g/mol. The molecule has 0 saturated carbocycles. The van der Waals surface area contributed by atoms with Crippen LogP contribution in [-0.2, 0) is 17.7 Å². The second-order valence-corrected chi connectivity index (χ2v) is 5.06. The maximum Gasteiger partial charge on any atom is 0.0622 e. The van der Waals surface area contributed by atoms with Crippen LogP contribution in [0.3, 0.4) is 0 Å². The SMILES string of the molecule is CN(Cc1cccc2c1NCC2)C1CCOC1. The summed E-state index contributed by atoms with van der Waals surface area (Å²) in [7, 11) is 2.20. The molecular formula is C14H20N2O. The summed E-state index contributed by atoms with van der Waals surface area (Å²) < 4.78 is 5.45. The molecule has 1 aromatic carbocycles. The van der Waals surface area contributed by atoms with E-state index in [1.54, 1.807) is 0 Å². The Balaban J connectivity index is 1.74. The summed E-state index contributed by atoms with van der Waals surface area (Å²) in [5.74, 6) is 0. The monoisotopic (exact) mass is 232 g/mol. The summed E-state index contributed by atoms with van der Waals surface area (Å²) in [6.07, 6.45) is 2.33. The van der Waals surface area contributed by atoms with Crippen LogP contribution < -0.4 is 5.32 Å². The van der Waals surface area contributed by atoms with E-state index >= 15 is 0 Å². The van der Waals surface area contributed by atoms with Crippen molar-refractivity contribution in [3.05, 3.63) is 29.3 Å². The Kier molecular flexibility index (Phi) is 3.04. The molecule has 1 atom stereocenters. The van der Waals surface area contributed by atoms with Crippen molar-refractivity contribution in [3.8, 4) is 0 Å². The van der Waals surface area contributed by atoms with E-state index in [0.29, 0.717) is 6.04 Å². The molecule has 1 N–H and O–H groups in total. The highest BCUT2D eigenvalue weighted by Gasteiger charge is 2.22. The lowest BCUT2D eigenvalue weighted by atomic mass is 10.1. The number of rotatable bonds is 3. The Hall–Kier alpha value is -1.06. The highest BCUT2D eigenvalue weighted by molar-refractivity contribution is 5.61. The third-order valence-corrected chi connectivity index (χ3v) is 3.88. The minimum Gasteiger partial charge on any atom is -0.384 e. The molecule has 0 spiro atoms. The molecule has 2 heterocycles. The van der Waals surface area contributed by atoms with Gasteiger partial charge in [0, 0.05) is 31.4 Å². The highest BCUT2D eigenvalue weighted by Crippen LogP contribution is 2.28. The molecule has 2 aliphatic rings. The number of likely N-dealkylation sites (N-methyl/N-ethyl adjacent to an activating group) is 1. The number of anilines is 1. The molecule has 2 aliphatic heterocycles. The summed E-state index contributed by atoms with van der Waals surface area (Å²) in [6, 6.07) is 7.24. The van der Waals surface area contributed by atoms with E-state index < -0.39 is 0 Å². The number of fused-ring (bicyclic) bond motifs is 1. The third kappa shape index (κ3) is 2.17. The molecule has 0 radical (unpaired) electrons. The Bertz CT molecular complexity index is 399. The van der Waals surface area contributed by atoms with Gasteiger partial charge in [0.05, 0.1) is 6.61 Å². The van der Waals surface area contributed by atoms with Crippen LogP contribution in [0.2, 0.25) is 0 Å². The first-order chi connectivity index (χ1) is 8.34. The topological polar surface area (TPSA) is 24.5 Å². The number of benzene rings is 1. The zero-order valence-corrected chi connectivity index (χ0v) is 10.4. The third-order valence-electron chi connectivity index (χ3n) is 3.88. The van der Waals surface area contributed by atoms with Crippen LogP contribution >= 0.6 is 0 Å². The van der Waals surface area contributed by atoms with Crippen molar-refractivity contribution in [2.24, 2.45) is 0 Å². The van der Waals surface area contributed by atoms with E-state index in [-0.39, 0.29) is 0 Å². The van der Waals surface area contributed by atoms with E-state index in [2.05, 4.69) is 35.5 Å². The van der Waals surface area contributed by atoms with Crippen molar-refractivity contribution in [1.82, 2.24) is 4.90 Å². The van der Waals surface area contributed by atoms with Crippen molar-refractivity contribution in [1.29, 1.82) is 0 Å². The Morgan fingerprint density at radius 3 is 3.24 bits per heavy atom. The zero-order chi connectivity index (χ0) is 11.7. The molecule has 3 nitrogen and oxygen atoms in total. The Morgan fingerprint density at radius 2 is 2.41 bits per heavy atom. The van der Waals surface area contributed by atoms with Gasteiger partial charge < -0.3 is 10.1 Å². The molecule has 1 unspecified atom stereocenters. The molecule has 0 amide bonds. The van der Waals surface area contributed by atoms with Crippen molar-refractivity contribution in [3.63, 3.8) is 0 Å². The summed E-state index contributed by atoms with van der Waals surface area (Å²) in [4.78, 5) is 2.42. The minimum absolute atomic E-state index is 0.590. The Morgan fingerprint density at radius 1 is 1.47 bits per heavy atom. The van der Waals surface area contributed by atoms with Crippen LogP contribution in [0.4, 0.5) is 5.69 Å². The first kappa shape index (κ1) is 11.1. The highest BCUT2D eigenvalue weighted by atomic mass is 16.5. The van der Waals surface area contributed by atoms with Crippen LogP contribution in [0.25, 0.3) is 0 Å². The van der Waals surface area contributed by atoms with E-state index in [1.807, 2.05) is 0 Å². The molecule has 3 rings (SSSR count). The number of ether oxygens (including phenoxy) is 1. The quantitative estimate of drug-likeness (QED) is 0.861. The number of hydrogen-bond donors (Lipinski definition) is 1. The fourth-order valence-corrected chi connectivity index (χ4v) is 2.81. The molecule has 1 saturated heterocycles. The van der Waals surface area contributed by atoms with Crippen molar-refractivity contribution < 1.29 is 4.74 Å². The second kappa shape index (κ2) is 4.67.